The van der Waals surface area contributed by atoms with E-state index in [4.69, 9.17) is 0 Å². The molecule has 1 amide bonds. The summed E-state index contributed by atoms with van der Waals surface area (Å²) in [4.78, 5) is 21.3. The van der Waals surface area contributed by atoms with Gasteiger partial charge < -0.3 is 9.88 Å². The molecule has 30 heavy (non-hydrogen) atoms. The van der Waals surface area contributed by atoms with Crippen LogP contribution in [0.15, 0.2) is 28.5 Å². The molecule has 0 aliphatic heterocycles. The van der Waals surface area contributed by atoms with Gasteiger partial charge in [0.25, 0.3) is 0 Å². The molecule has 0 unspecified atom stereocenters. The Bertz CT molecular complexity index is 1150. The van der Waals surface area contributed by atoms with Gasteiger partial charge in [0.2, 0.25) is 15.9 Å². The summed E-state index contributed by atoms with van der Waals surface area (Å²) in [6, 6.07) is 4.99. The summed E-state index contributed by atoms with van der Waals surface area (Å²) in [5.74, 6) is 0.666. The van der Waals surface area contributed by atoms with Crippen LogP contribution in [0.2, 0.25) is 0 Å². The fourth-order valence-electron chi connectivity index (χ4n) is 3.32. The van der Waals surface area contributed by atoms with E-state index < -0.39 is 10.0 Å². The van der Waals surface area contributed by atoms with E-state index in [9.17, 15) is 13.2 Å². The molecular weight excluding hydrogens is 422 g/mol. The summed E-state index contributed by atoms with van der Waals surface area (Å²) in [5, 5.41) is 5.78. The molecule has 0 fully saturated rings. The predicted octanol–water partition coefficient (Wildman–Crippen LogP) is 2.62. The first kappa shape index (κ1) is 22.4. The molecule has 0 spiro atoms. The number of hydrogen-bond acceptors (Lipinski definition) is 6. The monoisotopic (exact) mass is 449 g/mol. The molecule has 1 N–H and O–H groups in total. The van der Waals surface area contributed by atoms with E-state index in [0.717, 1.165) is 22.0 Å². The number of carbonyl (C=O) groups is 1. The Kier molecular flexibility index (Phi) is 6.89. The van der Waals surface area contributed by atoms with Crippen LogP contribution in [0.1, 0.15) is 36.8 Å². The maximum atomic E-state index is 12.8. The lowest BCUT2D eigenvalue weighted by molar-refractivity contribution is -0.121. The summed E-state index contributed by atoms with van der Waals surface area (Å²) in [6.45, 7) is 6.82. The number of aryl methyl sites for hydroxylation is 3. The lowest BCUT2D eigenvalue weighted by Crippen LogP contribution is -2.30. The zero-order valence-corrected chi connectivity index (χ0v) is 19.3. The molecule has 0 saturated heterocycles. The molecule has 3 rings (SSSR count). The number of sulfonamides is 1. The van der Waals surface area contributed by atoms with Crippen LogP contribution in [0.4, 0.5) is 0 Å². The maximum Gasteiger partial charge on any atom is 0.243 e. The van der Waals surface area contributed by atoms with Crippen molar-refractivity contribution >= 4 is 38.3 Å². The number of imidazole rings is 1. The summed E-state index contributed by atoms with van der Waals surface area (Å²) < 4.78 is 28.9. The summed E-state index contributed by atoms with van der Waals surface area (Å²) in [7, 11) is -1.66. The van der Waals surface area contributed by atoms with Gasteiger partial charge in [0.1, 0.15) is 5.82 Å². The van der Waals surface area contributed by atoms with E-state index in [0.29, 0.717) is 38.0 Å². The van der Waals surface area contributed by atoms with Gasteiger partial charge in [-0.05, 0) is 25.1 Å². The number of benzene rings is 1. The number of aromatic nitrogens is 3. The standard InChI is InChI=1S/C20H27N5O3S2/c1-5-25(6-2)30(27,28)16-7-8-18-17(11-16)23-19(24(18)4)9-10-20(26)21-12-15-13-29-14(3)22-15/h7-8,11,13H,5-6,9-10,12H2,1-4H3,(H,21,26). The van der Waals surface area contributed by atoms with Gasteiger partial charge in [-0.3, -0.25) is 4.79 Å². The Labute approximate surface area is 181 Å². The summed E-state index contributed by atoms with van der Waals surface area (Å²) in [6.07, 6.45) is 0.760. The second-order valence-corrected chi connectivity index (χ2v) is 9.96. The highest BCUT2D eigenvalue weighted by Crippen LogP contribution is 2.22. The number of rotatable bonds is 9. The molecule has 0 radical (unpaired) electrons. The number of nitrogens with zero attached hydrogens (tertiary/aromatic N) is 4. The number of carbonyl (C=O) groups excluding carboxylic acids is 1. The van der Waals surface area contributed by atoms with Gasteiger partial charge in [-0.15, -0.1) is 11.3 Å². The van der Waals surface area contributed by atoms with Crippen molar-refractivity contribution in [1.82, 2.24) is 24.2 Å². The SMILES string of the molecule is CCN(CC)S(=O)(=O)c1ccc2c(c1)nc(CCC(=O)NCc1csc(C)n1)n2C. The Morgan fingerprint density at radius 2 is 1.97 bits per heavy atom. The van der Waals surface area contributed by atoms with Gasteiger partial charge in [0.05, 0.1) is 33.2 Å². The third kappa shape index (κ3) is 4.71. The van der Waals surface area contributed by atoms with Crippen molar-refractivity contribution in [2.24, 2.45) is 7.05 Å². The largest absolute Gasteiger partial charge is 0.350 e. The predicted molar refractivity (Wildman–Crippen MR) is 118 cm³/mol. The highest BCUT2D eigenvalue weighted by Gasteiger charge is 2.22. The number of hydrogen-bond donors (Lipinski definition) is 1. The maximum absolute atomic E-state index is 12.8. The van der Waals surface area contributed by atoms with Crippen molar-refractivity contribution in [3.05, 3.63) is 40.1 Å². The van der Waals surface area contributed by atoms with Gasteiger partial charge in [-0.1, -0.05) is 13.8 Å². The van der Waals surface area contributed by atoms with Gasteiger partial charge in [-0.25, -0.2) is 18.4 Å². The van der Waals surface area contributed by atoms with Gasteiger partial charge in [0, 0.05) is 38.4 Å². The minimum Gasteiger partial charge on any atom is -0.350 e. The summed E-state index contributed by atoms with van der Waals surface area (Å²) in [5.41, 5.74) is 2.30. The van der Waals surface area contributed by atoms with Crippen molar-refractivity contribution < 1.29 is 13.2 Å². The smallest absolute Gasteiger partial charge is 0.243 e. The Morgan fingerprint density at radius 3 is 2.60 bits per heavy atom. The average molecular weight is 450 g/mol. The molecule has 2 aromatic heterocycles. The van der Waals surface area contributed by atoms with E-state index in [-0.39, 0.29) is 10.8 Å². The van der Waals surface area contributed by atoms with Gasteiger partial charge >= 0.3 is 0 Å². The van der Waals surface area contributed by atoms with Crippen molar-refractivity contribution in [3.63, 3.8) is 0 Å². The number of nitrogens with one attached hydrogen (secondary N) is 1. The Balaban J connectivity index is 1.71. The van der Waals surface area contributed by atoms with Crippen LogP contribution in [-0.2, 0) is 34.8 Å². The molecule has 8 nitrogen and oxygen atoms in total. The summed E-state index contributed by atoms with van der Waals surface area (Å²) >= 11 is 1.56. The van der Waals surface area contributed by atoms with Gasteiger partial charge in [-0.2, -0.15) is 4.31 Å². The normalized spacial score (nSPS) is 12.0. The third-order valence-corrected chi connectivity index (χ3v) is 7.87. The third-order valence-electron chi connectivity index (χ3n) is 5.00. The molecule has 10 heteroatoms. The minimum absolute atomic E-state index is 0.0718. The molecule has 0 bridgehead atoms. The van der Waals surface area contributed by atoms with Crippen LogP contribution in [0.5, 0.6) is 0 Å². The van der Waals surface area contributed by atoms with E-state index in [1.807, 2.05) is 37.8 Å². The van der Waals surface area contributed by atoms with E-state index >= 15 is 0 Å². The topological polar surface area (TPSA) is 97.2 Å². The first-order valence-corrected chi connectivity index (χ1v) is 12.2. The molecule has 0 saturated carbocycles. The quantitative estimate of drug-likeness (QED) is 0.542. The van der Waals surface area contributed by atoms with Crippen LogP contribution in [0, 0.1) is 6.92 Å². The highest BCUT2D eigenvalue weighted by atomic mass is 32.2. The molecule has 1 aromatic carbocycles. The first-order chi connectivity index (χ1) is 14.3. The Hall–Kier alpha value is -2.30. The van der Waals surface area contributed by atoms with Crippen LogP contribution in [-0.4, -0.2) is 46.3 Å². The fraction of sp³-hybridized carbons (Fsp3) is 0.450. The first-order valence-electron chi connectivity index (χ1n) is 9.89. The Morgan fingerprint density at radius 1 is 1.23 bits per heavy atom. The zero-order valence-electron chi connectivity index (χ0n) is 17.7. The molecule has 0 aliphatic rings. The van der Waals surface area contributed by atoms with Crippen LogP contribution in [0.25, 0.3) is 11.0 Å². The number of fused-ring (bicyclic) bond motifs is 1. The molecule has 0 atom stereocenters. The van der Waals surface area contributed by atoms with Gasteiger partial charge in [0.15, 0.2) is 0 Å². The van der Waals surface area contributed by atoms with E-state index in [1.54, 1.807) is 29.5 Å². The van der Waals surface area contributed by atoms with Crippen molar-refractivity contribution in [2.75, 3.05) is 13.1 Å². The molecule has 0 aliphatic carbocycles. The minimum atomic E-state index is -3.54. The van der Waals surface area contributed by atoms with Crippen molar-refractivity contribution in [2.45, 2.75) is 45.1 Å². The van der Waals surface area contributed by atoms with Crippen molar-refractivity contribution in [3.8, 4) is 0 Å². The second kappa shape index (κ2) is 9.23. The second-order valence-electron chi connectivity index (χ2n) is 6.96. The number of thiazole rings is 1. The van der Waals surface area contributed by atoms with Crippen LogP contribution < -0.4 is 5.32 Å². The average Bonchev–Trinajstić information content (AvgIpc) is 3.28. The van der Waals surface area contributed by atoms with E-state index in [2.05, 4.69) is 15.3 Å². The molecule has 2 heterocycles. The lowest BCUT2D eigenvalue weighted by atomic mass is 10.3. The zero-order chi connectivity index (χ0) is 21.9. The molecule has 162 valence electrons. The van der Waals surface area contributed by atoms with E-state index in [1.165, 1.54) is 4.31 Å². The van der Waals surface area contributed by atoms with Crippen molar-refractivity contribution in [1.29, 1.82) is 0 Å². The fourth-order valence-corrected chi connectivity index (χ4v) is 5.41. The van der Waals surface area contributed by atoms with Crippen LogP contribution >= 0.6 is 11.3 Å². The number of amides is 1. The molecule has 3 aromatic rings. The highest BCUT2D eigenvalue weighted by molar-refractivity contribution is 7.89. The molecular formula is C20H27N5O3S2. The lowest BCUT2D eigenvalue weighted by Gasteiger charge is -2.18. The van der Waals surface area contributed by atoms with Crippen LogP contribution in [0.3, 0.4) is 0 Å².